The molecule has 1 amide bonds. The predicted octanol–water partition coefficient (Wildman–Crippen LogP) is 1.51. The van der Waals surface area contributed by atoms with Gasteiger partial charge in [0.05, 0.1) is 13.2 Å². The largest absolute Gasteiger partial charge is 0.378 e. The topological polar surface area (TPSA) is 67.8 Å². The number of nitrogens with zero attached hydrogens (tertiary/aromatic N) is 4. The van der Waals surface area contributed by atoms with Crippen LogP contribution in [0.4, 0.5) is 5.82 Å². The van der Waals surface area contributed by atoms with Gasteiger partial charge in [-0.2, -0.15) is 0 Å². The molecule has 26 heavy (non-hydrogen) atoms. The van der Waals surface area contributed by atoms with Crippen molar-refractivity contribution in [3.05, 3.63) is 17.6 Å². The molecule has 4 rings (SSSR count). The average molecular weight is 360 g/mol. The highest BCUT2D eigenvalue weighted by Crippen LogP contribution is 2.28. The van der Waals surface area contributed by atoms with Crippen LogP contribution in [0.5, 0.6) is 0 Å². The highest BCUT2D eigenvalue weighted by Gasteiger charge is 2.32. The molecule has 0 radical (unpaired) electrons. The molecule has 3 aliphatic heterocycles. The van der Waals surface area contributed by atoms with Crippen LogP contribution in [0.15, 0.2) is 6.07 Å². The molecule has 3 fully saturated rings. The second-order valence-electron chi connectivity index (χ2n) is 7.43. The second-order valence-corrected chi connectivity index (χ2v) is 7.43. The summed E-state index contributed by atoms with van der Waals surface area (Å²) in [6.45, 7) is 7.55. The number of aromatic nitrogens is 2. The molecular weight excluding hydrogens is 332 g/mol. The number of amides is 1. The fourth-order valence-corrected chi connectivity index (χ4v) is 4.05. The van der Waals surface area contributed by atoms with Crippen molar-refractivity contribution in [1.82, 2.24) is 14.9 Å². The number of piperidine rings is 1. The first-order valence-corrected chi connectivity index (χ1v) is 9.79. The number of carbonyl (C=O) groups excluding carboxylic acids is 1. The van der Waals surface area contributed by atoms with Crippen LogP contribution in [0.3, 0.4) is 0 Å². The first kappa shape index (κ1) is 17.7. The van der Waals surface area contributed by atoms with Crippen LogP contribution in [0.2, 0.25) is 0 Å². The summed E-state index contributed by atoms with van der Waals surface area (Å²) in [4.78, 5) is 26.3. The Bertz CT molecular complexity index is 634. The van der Waals surface area contributed by atoms with E-state index in [0.717, 1.165) is 82.4 Å². The lowest BCUT2D eigenvalue weighted by atomic mass is 9.95. The van der Waals surface area contributed by atoms with Crippen molar-refractivity contribution >= 4 is 11.7 Å². The quantitative estimate of drug-likeness (QED) is 0.814. The molecule has 142 valence electrons. The van der Waals surface area contributed by atoms with E-state index < -0.39 is 0 Å². The highest BCUT2D eigenvalue weighted by atomic mass is 16.5. The minimum atomic E-state index is -0.213. The Morgan fingerprint density at radius 2 is 1.85 bits per heavy atom. The van der Waals surface area contributed by atoms with Crippen molar-refractivity contribution in [2.24, 2.45) is 0 Å². The van der Waals surface area contributed by atoms with Crippen LogP contribution in [-0.2, 0) is 14.3 Å². The van der Waals surface area contributed by atoms with Gasteiger partial charge in [0.15, 0.2) is 0 Å². The van der Waals surface area contributed by atoms with E-state index in [1.165, 1.54) is 0 Å². The van der Waals surface area contributed by atoms with Crippen LogP contribution in [-0.4, -0.2) is 72.9 Å². The van der Waals surface area contributed by atoms with Gasteiger partial charge in [-0.05, 0) is 32.6 Å². The minimum absolute atomic E-state index is 0.167. The zero-order valence-electron chi connectivity index (χ0n) is 15.5. The van der Waals surface area contributed by atoms with Crippen molar-refractivity contribution in [3.8, 4) is 0 Å². The van der Waals surface area contributed by atoms with Gasteiger partial charge in [0.2, 0.25) is 0 Å². The molecule has 3 saturated heterocycles. The summed E-state index contributed by atoms with van der Waals surface area (Å²) in [5, 5.41) is 0. The van der Waals surface area contributed by atoms with E-state index in [0.29, 0.717) is 12.5 Å². The molecule has 7 heteroatoms. The van der Waals surface area contributed by atoms with Crippen LogP contribution in [0.25, 0.3) is 0 Å². The minimum Gasteiger partial charge on any atom is -0.378 e. The Balaban J connectivity index is 1.40. The third-order valence-corrected chi connectivity index (χ3v) is 5.57. The van der Waals surface area contributed by atoms with Crippen LogP contribution < -0.4 is 4.90 Å². The van der Waals surface area contributed by atoms with Crippen molar-refractivity contribution in [2.45, 2.75) is 44.6 Å². The third-order valence-electron chi connectivity index (χ3n) is 5.57. The van der Waals surface area contributed by atoms with E-state index in [9.17, 15) is 4.79 Å². The van der Waals surface area contributed by atoms with Gasteiger partial charge in [0, 0.05) is 50.5 Å². The summed E-state index contributed by atoms with van der Waals surface area (Å²) >= 11 is 0. The van der Waals surface area contributed by atoms with Gasteiger partial charge >= 0.3 is 0 Å². The Labute approximate surface area is 154 Å². The summed E-state index contributed by atoms with van der Waals surface area (Å²) in [7, 11) is 0. The summed E-state index contributed by atoms with van der Waals surface area (Å²) in [6, 6.07) is 2.06. The van der Waals surface area contributed by atoms with Gasteiger partial charge in [-0.1, -0.05) is 0 Å². The third kappa shape index (κ3) is 3.83. The SMILES string of the molecule is Cc1cc(N2CCOCC2)nc(C2CCN(C(=O)[C@@H]3CCCO3)CC2)n1. The molecule has 0 aliphatic carbocycles. The van der Waals surface area contributed by atoms with Crippen LogP contribution >= 0.6 is 0 Å². The number of hydrogen-bond donors (Lipinski definition) is 0. The summed E-state index contributed by atoms with van der Waals surface area (Å²) in [6.07, 6.45) is 3.49. The first-order chi connectivity index (χ1) is 12.7. The summed E-state index contributed by atoms with van der Waals surface area (Å²) in [5.74, 6) is 2.42. The maximum atomic E-state index is 12.5. The Morgan fingerprint density at radius 1 is 1.08 bits per heavy atom. The smallest absolute Gasteiger partial charge is 0.251 e. The number of morpholine rings is 1. The van der Waals surface area contributed by atoms with Gasteiger partial charge in [-0.25, -0.2) is 9.97 Å². The maximum Gasteiger partial charge on any atom is 0.251 e. The number of ether oxygens (including phenoxy) is 2. The van der Waals surface area contributed by atoms with Gasteiger partial charge < -0.3 is 19.3 Å². The fourth-order valence-electron chi connectivity index (χ4n) is 4.05. The fraction of sp³-hybridized carbons (Fsp3) is 0.737. The normalized spacial score (nSPS) is 24.9. The van der Waals surface area contributed by atoms with E-state index >= 15 is 0 Å². The number of likely N-dealkylation sites (tertiary alicyclic amines) is 1. The molecule has 1 atom stereocenters. The first-order valence-electron chi connectivity index (χ1n) is 9.79. The molecule has 7 nitrogen and oxygen atoms in total. The van der Waals surface area contributed by atoms with Crippen molar-refractivity contribution in [2.75, 3.05) is 50.9 Å². The lowest BCUT2D eigenvalue weighted by Crippen LogP contribution is -2.43. The molecule has 1 aromatic heterocycles. The molecule has 0 aromatic carbocycles. The standard InChI is InChI=1S/C19H28N4O3/c1-14-13-17(22-8-11-25-12-9-22)21-18(20-14)15-4-6-23(7-5-15)19(24)16-3-2-10-26-16/h13,15-16H,2-12H2,1H3/t16-/m0/s1. The number of aryl methyl sites for hydroxylation is 1. The molecule has 0 spiro atoms. The average Bonchev–Trinajstić information content (AvgIpc) is 3.22. The number of carbonyl (C=O) groups is 1. The van der Waals surface area contributed by atoms with E-state index in [-0.39, 0.29) is 12.0 Å². The molecule has 0 saturated carbocycles. The van der Waals surface area contributed by atoms with Crippen LogP contribution in [0, 0.1) is 6.92 Å². The molecule has 0 unspecified atom stereocenters. The van der Waals surface area contributed by atoms with Crippen molar-refractivity contribution in [1.29, 1.82) is 0 Å². The number of anilines is 1. The Hall–Kier alpha value is -1.73. The zero-order chi connectivity index (χ0) is 17.9. The lowest BCUT2D eigenvalue weighted by molar-refractivity contribution is -0.142. The summed E-state index contributed by atoms with van der Waals surface area (Å²) < 4.78 is 11.0. The number of rotatable bonds is 3. The predicted molar refractivity (Wildman–Crippen MR) is 97.3 cm³/mol. The molecule has 3 aliphatic rings. The monoisotopic (exact) mass is 360 g/mol. The Kier molecular flexibility index (Phi) is 5.36. The van der Waals surface area contributed by atoms with Gasteiger partial charge in [0.25, 0.3) is 5.91 Å². The molecule has 0 N–H and O–H groups in total. The molecule has 0 bridgehead atoms. The van der Waals surface area contributed by atoms with Gasteiger partial charge in [-0.15, -0.1) is 0 Å². The molecule has 1 aromatic rings. The van der Waals surface area contributed by atoms with E-state index in [1.54, 1.807) is 0 Å². The van der Waals surface area contributed by atoms with Crippen LogP contribution in [0.1, 0.15) is 43.1 Å². The molecular formula is C19H28N4O3. The van der Waals surface area contributed by atoms with E-state index in [2.05, 4.69) is 11.0 Å². The molecule has 4 heterocycles. The van der Waals surface area contributed by atoms with Gasteiger partial charge in [0.1, 0.15) is 17.7 Å². The second kappa shape index (κ2) is 7.88. The van der Waals surface area contributed by atoms with E-state index in [1.807, 2.05) is 11.8 Å². The Morgan fingerprint density at radius 3 is 2.54 bits per heavy atom. The summed E-state index contributed by atoms with van der Waals surface area (Å²) in [5.41, 5.74) is 1.01. The van der Waals surface area contributed by atoms with Gasteiger partial charge in [-0.3, -0.25) is 4.79 Å². The number of hydrogen-bond acceptors (Lipinski definition) is 6. The zero-order valence-corrected chi connectivity index (χ0v) is 15.5. The van der Waals surface area contributed by atoms with E-state index in [4.69, 9.17) is 19.4 Å². The van der Waals surface area contributed by atoms with Crippen molar-refractivity contribution < 1.29 is 14.3 Å². The lowest BCUT2D eigenvalue weighted by Gasteiger charge is -2.33. The van der Waals surface area contributed by atoms with Crippen molar-refractivity contribution in [3.63, 3.8) is 0 Å². The highest BCUT2D eigenvalue weighted by molar-refractivity contribution is 5.81. The maximum absolute atomic E-state index is 12.5.